The maximum atomic E-state index is 12.8. The van der Waals surface area contributed by atoms with Crippen molar-refractivity contribution in [2.75, 3.05) is 12.3 Å². The number of amides is 1. The summed E-state index contributed by atoms with van der Waals surface area (Å²) < 4.78 is 1.57. The van der Waals surface area contributed by atoms with Gasteiger partial charge in [0.05, 0.1) is 16.0 Å². The molecular formula is C20H21N3O3S3. The van der Waals surface area contributed by atoms with E-state index in [0.717, 1.165) is 34.4 Å². The van der Waals surface area contributed by atoms with Crippen LogP contribution in [0.25, 0.3) is 10.2 Å². The molecular weight excluding hydrogens is 426 g/mol. The van der Waals surface area contributed by atoms with Gasteiger partial charge >= 0.3 is 0 Å². The number of nitrogens with one attached hydrogen (secondary N) is 1. The van der Waals surface area contributed by atoms with E-state index in [1.54, 1.807) is 23.0 Å². The lowest BCUT2D eigenvalue weighted by Crippen LogP contribution is -2.22. The Balaban J connectivity index is 1.45. The van der Waals surface area contributed by atoms with E-state index in [2.05, 4.69) is 10.3 Å². The van der Waals surface area contributed by atoms with E-state index >= 15 is 0 Å². The molecule has 0 atom stereocenters. The number of thiophene rings is 2. The Hall–Kier alpha value is -1.97. The van der Waals surface area contributed by atoms with E-state index in [9.17, 15) is 14.4 Å². The minimum Gasteiger partial charge on any atom is -0.356 e. The Kier molecular flexibility index (Phi) is 5.89. The number of carbonyl (C=O) groups is 2. The average Bonchev–Trinajstić information content (AvgIpc) is 3.38. The van der Waals surface area contributed by atoms with Gasteiger partial charge in [-0.1, -0.05) is 11.8 Å². The standard InChI is InChI=1S/C20H21N3O3S3/c1-11(24)21-9-8-12-6-7-16(28-12)14(25)10-27-20-22-18-17(19(26)23(20)2)13-4-3-5-15(13)29-18/h6-7H,3-5,8-10H2,1-2H3,(H,21,24). The summed E-state index contributed by atoms with van der Waals surface area (Å²) in [6, 6.07) is 3.76. The number of nitrogens with zero attached hydrogens (tertiary/aromatic N) is 2. The SMILES string of the molecule is CC(=O)NCCc1ccc(C(=O)CSc2nc3sc4c(c3c(=O)n2C)CCC4)s1. The third-order valence-corrected chi connectivity index (χ3v) is 8.32. The van der Waals surface area contributed by atoms with Crippen molar-refractivity contribution in [2.45, 2.75) is 37.8 Å². The van der Waals surface area contributed by atoms with Gasteiger partial charge in [-0.15, -0.1) is 22.7 Å². The van der Waals surface area contributed by atoms with Crippen LogP contribution in [0.1, 0.15) is 38.3 Å². The molecule has 3 heterocycles. The highest BCUT2D eigenvalue weighted by Gasteiger charge is 2.22. The van der Waals surface area contributed by atoms with Gasteiger partial charge in [0.1, 0.15) is 4.83 Å². The van der Waals surface area contributed by atoms with Gasteiger partial charge in [-0.2, -0.15) is 0 Å². The number of ketones is 1. The van der Waals surface area contributed by atoms with Crippen molar-refractivity contribution < 1.29 is 9.59 Å². The zero-order valence-electron chi connectivity index (χ0n) is 16.2. The molecule has 3 aromatic heterocycles. The Morgan fingerprint density at radius 3 is 2.90 bits per heavy atom. The van der Waals surface area contributed by atoms with Crippen molar-refractivity contribution in [3.8, 4) is 0 Å². The van der Waals surface area contributed by atoms with Crippen LogP contribution in [-0.4, -0.2) is 33.5 Å². The summed E-state index contributed by atoms with van der Waals surface area (Å²) in [6.07, 6.45) is 3.81. The Bertz CT molecular complexity index is 1160. The molecule has 1 N–H and O–H groups in total. The summed E-state index contributed by atoms with van der Waals surface area (Å²) in [6.45, 7) is 2.05. The van der Waals surface area contributed by atoms with Crippen LogP contribution in [0.15, 0.2) is 22.1 Å². The van der Waals surface area contributed by atoms with E-state index in [-0.39, 0.29) is 23.0 Å². The first-order valence-corrected chi connectivity index (χ1v) is 12.1. The first kappa shape index (κ1) is 20.3. The Morgan fingerprint density at radius 2 is 2.10 bits per heavy atom. The second-order valence-electron chi connectivity index (χ2n) is 7.01. The third-order valence-electron chi connectivity index (χ3n) is 4.92. The second kappa shape index (κ2) is 8.41. The van der Waals surface area contributed by atoms with Gasteiger partial charge in [0, 0.05) is 30.3 Å². The quantitative estimate of drug-likeness (QED) is 0.342. The summed E-state index contributed by atoms with van der Waals surface area (Å²) in [4.78, 5) is 44.9. The molecule has 0 aromatic carbocycles. The van der Waals surface area contributed by atoms with Gasteiger partial charge in [-0.25, -0.2) is 4.98 Å². The van der Waals surface area contributed by atoms with Crippen molar-refractivity contribution >= 4 is 56.3 Å². The van der Waals surface area contributed by atoms with E-state index in [4.69, 9.17) is 0 Å². The fourth-order valence-corrected chi connectivity index (χ4v) is 6.65. The first-order chi connectivity index (χ1) is 13.9. The molecule has 0 bridgehead atoms. The molecule has 1 amide bonds. The molecule has 9 heteroatoms. The molecule has 3 aromatic rings. The third kappa shape index (κ3) is 4.17. The van der Waals surface area contributed by atoms with Crippen molar-refractivity contribution in [1.82, 2.24) is 14.9 Å². The fraction of sp³-hybridized carbons (Fsp3) is 0.400. The number of hydrogen-bond acceptors (Lipinski definition) is 7. The maximum Gasteiger partial charge on any atom is 0.262 e. The lowest BCUT2D eigenvalue weighted by Gasteiger charge is -2.07. The Labute approximate surface area is 180 Å². The monoisotopic (exact) mass is 447 g/mol. The van der Waals surface area contributed by atoms with E-state index in [1.165, 1.54) is 40.5 Å². The molecule has 0 saturated carbocycles. The number of hydrogen-bond donors (Lipinski definition) is 1. The van der Waals surface area contributed by atoms with Crippen LogP contribution in [0.5, 0.6) is 0 Å². The molecule has 6 nitrogen and oxygen atoms in total. The maximum absolute atomic E-state index is 12.8. The van der Waals surface area contributed by atoms with Crippen LogP contribution < -0.4 is 10.9 Å². The summed E-state index contributed by atoms with van der Waals surface area (Å²) in [7, 11) is 1.73. The van der Waals surface area contributed by atoms with Crippen LogP contribution in [0.2, 0.25) is 0 Å². The number of rotatable bonds is 7. The zero-order valence-corrected chi connectivity index (χ0v) is 18.7. The normalized spacial score (nSPS) is 13.0. The molecule has 1 aliphatic rings. The van der Waals surface area contributed by atoms with Gasteiger partial charge in [0.2, 0.25) is 5.91 Å². The van der Waals surface area contributed by atoms with Gasteiger partial charge in [0.25, 0.3) is 5.56 Å². The Morgan fingerprint density at radius 1 is 1.28 bits per heavy atom. The van der Waals surface area contributed by atoms with E-state index < -0.39 is 0 Å². The highest BCUT2D eigenvalue weighted by molar-refractivity contribution is 7.99. The minimum atomic E-state index is -0.0553. The van der Waals surface area contributed by atoms with Crippen molar-refractivity contribution in [3.63, 3.8) is 0 Å². The molecule has 1 aliphatic carbocycles. The smallest absolute Gasteiger partial charge is 0.262 e. The number of Topliss-reactive ketones (excluding diaryl/α,β-unsaturated/α-hetero) is 1. The number of carbonyl (C=O) groups excluding carboxylic acids is 2. The predicted molar refractivity (Wildman–Crippen MR) is 119 cm³/mol. The molecule has 0 radical (unpaired) electrons. The minimum absolute atomic E-state index is 0.0132. The van der Waals surface area contributed by atoms with Crippen molar-refractivity contribution in [1.29, 1.82) is 0 Å². The fourth-order valence-electron chi connectivity index (χ4n) is 3.46. The van der Waals surface area contributed by atoms with Gasteiger partial charge in [0.15, 0.2) is 10.9 Å². The van der Waals surface area contributed by atoms with Crippen LogP contribution in [0.3, 0.4) is 0 Å². The lowest BCUT2D eigenvalue weighted by atomic mass is 10.2. The molecule has 0 saturated heterocycles. The van der Waals surface area contributed by atoms with Crippen LogP contribution in [0.4, 0.5) is 0 Å². The van der Waals surface area contributed by atoms with Crippen LogP contribution >= 0.6 is 34.4 Å². The van der Waals surface area contributed by atoms with Crippen LogP contribution in [0, 0.1) is 0 Å². The molecule has 0 fully saturated rings. The number of thioether (sulfide) groups is 1. The largest absolute Gasteiger partial charge is 0.356 e. The highest BCUT2D eigenvalue weighted by Crippen LogP contribution is 2.35. The summed E-state index contributed by atoms with van der Waals surface area (Å²) in [5.74, 6) is 0.205. The molecule has 152 valence electrons. The van der Waals surface area contributed by atoms with Gasteiger partial charge in [-0.3, -0.25) is 19.0 Å². The summed E-state index contributed by atoms with van der Waals surface area (Å²) in [5, 5.41) is 4.11. The molecule has 29 heavy (non-hydrogen) atoms. The highest BCUT2D eigenvalue weighted by atomic mass is 32.2. The van der Waals surface area contributed by atoms with Crippen LogP contribution in [-0.2, 0) is 31.1 Å². The summed E-state index contributed by atoms with van der Waals surface area (Å²) in [5.41, 5.74) is 1.16. The summed E-state index contributed by atoms with van der Waals surface area (Å²) >= 11 is 4.38. The van der Waals surface area contributed by atoms with E-state index in [1.807, 2.05) is 12.1 Å². The molecule has 4 rings (SSSR count). The topological polar surface area (TPSA) is 81.1 Å². The van der Waals surface area contributed by atoms with Gasteiger partial charge in [-0.05, 0) is 43.4 Å². The number of aromatic nitrogens is 2. The van der Waals surface area contributed by atoms with Crippen molar-refractivity contribution in [2.24, 2.45) is 7.05 Å². The molecule has 0 aliphatic heterocycles. The number of aryl methyl sites for hydroxylation is 2. The first-order valence-electron chi connectivity index (χ1n) is 9.44. The molecule has 0 spiro atoms. The van der Waals surface area contributed by atoms with E-state index in [0.29, 0.717) is 23.0 Å². The van der Waals surface area contributed by atoms with Gasteiger partial charge < -0.3 is 5.32 Å². The number of fused-ring (bicyclic) bond motifs is 3. The average molecular weight is 448 g/mol. The predicted octanol–water partition coefficient (Wildman–Crippen LogP) is 3.20. The van der Waals surface area contributed by atoms with Crippen molar-refractivity contribution in [3.05, 3.63) is 42.7 Å². The molecule has 0 unspecified atom stereocenters. The second-order valence-corrected chi connectivity index (χ2v) is 10.2. The lowest BCUT2D eigenvalue weighted by molar-refractivity contribution is -0.118. The zero-order chi connectivity index (χ0) is 20.5.